The van der Waals surface area contributed by atoms with Crippen molar-refractivity contribution in [3.8, 4) is 11.5 Å². The quantitative estimate of drug-likeness (QED) is 0.163. The lowest BCUT2D eigenvalue weighted by Gasteiger charge is -2.10. The number of para-hydroxylation sites is 1. The molecule has 0 heterocycles. The predicted molar refractivity (Wildman–Crippen MR) is 154 cm³/mol. The van der Waals surface area contributed by atoms with E-state index >= 15 is 0 Å². The van der Waals surface area contributed by atoms with Gasteiger partial charge in [-0.25, -0.2) is 0 Å². The van der Waals surface area contributed by atoms with E-state index in [4.69, 9.17) is 4.74 Å². The summed E-state index contributed by atoms with van der Waals surface area (Å²) in [6.45, 7) is 6.10. The molecule has 5 aromatic carbocycles. The van der Waals surface area contributed by atoms with Crippen LogP contribution in [0.2, 0.25) is 0 Å². The van der Waals surface area contributed by atoms with Gasteiger partial charge < -0.3 is 4.74 Å². The molecule has 0 amide bonds. The number of ketones is 1. The van der Waals surface area contributed by atoms with Gasteiger partial charge in [0, 0.05) is 11.1 Å². The van der Waals surface area contributed by atoms with Gasteiger partial charge in [-0.15, -0.1) is 0 Å². The lowest BCUT2D eigenvalue weighted by molar-refractivity contribution is 0.103. The Hall–Kier alpha value is -4.08. The smallest absolute Gasteiger partial charge is 0.193 e. The molecule has 0 aliphatic heterocycles. The molecule has 0 saturated carbocycles. The minimum absolute atomic E-state index is 0.0368. The average molecular weight is 504 g/mol. The number of carbonyl (C=O) groups excluding carboxylic acids is 1. The third kappa shape index (κ3) is 6.58. The molecule has 0 aliphatic carbocycles. The van der Waals surface area contributed by atoms with Crippen molar-refractivity contribution in [2.45, 2.75) is 35.5 Å². The molecule has 1 unspecified atom stereocenters. The van der Waals surface area contributed by atoms with Crippen LogP contribution in [0.3, 0.4) is 0 Å². The zero-order chi connectivity index (χ0) is 26.0. The van der Waals surface area contributed by atoms with E-state index in [1.165, 1.54) is 15.4 Å². The molecule has 0 fully saturated rings. The van der Waals surface area contributed by atoms with Gasteiger partial charge in [0.1, 0.15) is 11.5 Å². The highest BCUT2D eigenvalue weighted by Crippen LogP contribution is 2.33. The second-order valence-corrected chi connectivity index (χ2v) is 10.3. The average Bonchev–Trinajstić information content (AvgIpc) is 2.97. The van der Waals surface area contributed by atoms with Crippen molar-refractivity contribution in [3.05, 3.63) is 150 Å². The van der Waals surface area contributed by atoms with Crippen LogP contribution >= 0.6 is 0 Å². The van der Waals surface area contributed by atoms with E-state index in [1.807, 2.05) is 98.8 Å². The van der Waals surface area contributed by atoms with Gasteiger partial charge in [-0.05, 0) is 79.7 Å². The monoisotopic (exact) mass is 503 g/mol. The molecule has 0 N–H and O–H groups in total. The van der Waals surface area contributed by atoms with Crippen LogP contribution in [-0.4, -0.2) is 5.78 Å². The van der Waals surface area contributed by atoms with E-state index in [-0.39, 0.29) is 16.7 Å². The first kappa shape index (κ1) is 26.0. The summed E-state index contributed by atoms with van der Waals surface area (Å²) in [5.41, 5.74) is 2.62. The molecular weight excluding hydrogens is 472 g/mol. The van der Waals surface area contributed by atoms with Gasteiger partial charge in [0.2, 0.25) is 0 Å². The zero-order valence-electron chi connectivity index (χ0n) is 21.4. The Balaban J connectivity index is 0.00000156. The molecule has 0 spiro atoms. The van der Waals surface area contributed by atoms with Gasteiger partial charge in [0.25, 0.3) is 0 Å². The van der Waals surface area contributed by atoms with Crippen molar-refractivity contribution in [1.29, 1.82) is 0 Å². The van der Waals surface area contributed by atoms with Crippen LogP contribution in [0.25, 0.3) is 0 Å². The lowest BCUT2D eigenvalue weighted by atomic mass is 10.0. The highest BCUT2D eigenvalue weighted by atomic mass is 32.2. The summed E-state index contributed by atoms with van der Waals surface area (Å²) in [4.78, 5) is 16.5. The van der Waals surface area contributed by atoms with Crippen LogP contribution in [-0.2, 0) is 10.9 Å². The van der Waals surface area contributed by atoms with Crippen LogP contribution in [0.4, 0.5) is 0 Å². The summed E-state index contributed by atoms with van der Waals surface area (Å²) >= 11 is 0. The summed E-state index contributed by atoms with van der Waals surface area (Å²) in [6.07, 6.45) is 0. The Morgan fingerprint density at radius 2 is 0.919 bits per heavy atom. The summed E-state index contributed by atoms with van der Waals surface area (Å²) < 4.78 is 5.99. The maximum Gasteiger partial charge on any atom is 0.193 e. The largest absolute Gasteiger partial charge is 0.457 e. The molecule has 37 heavy (non-hydrogen) atoms. The fraction of sp³-hybridized carbons (Fsp3) is 0.0882. The number of carbonyl (C=O) groups is 1. The van der Waals surface area contributed by atoms with E-state index < -0.39 is 0 Å². The Morgan fingerprint density at radius 1 is 0.514 bits per heavy atom. The Bertz CT molecular complexity index is 1390. The van der Waals surface area contributed by atoms with Crippen molar-refractivity contribution < 1.29 is 9.53 Å². The Kier molecular flexibility index (Phi) is 8.96. The van der Waals surface area contributed by atoms with E-state index in [0.717, 1.165) is 16.4 Å². The lowest BCUT2D eigenvalue weighted by Crippen LogP contribution is -2.06. The van der Waals surface area contributed by atoms with Crippen molar-refractivity contribution in [1.82, 2.24) is 0 Å². The van der Waals surface area contributed by atoms with Gasteiger partial charge in [0.15, 0.2) is 20.5 Å². The van der Waals surface area contributed by atoms with E-state index in [9.17, 15) is 4.79 Å². The summed E-state index contributed by atoms with van der Waals surface area (Å²) in [5.74, 6) is 1.66. The second-order valence-electron chi connectivity index (χ2n) is 8.23. The third-order valence-electron chi connectivity index (χ3n) is 5.68. The maximum atomic E-state index is 12.9. The first-order valence-electron chi connectivity index (χ1n) is 12.5. The van der Waals surface area contributed by atoms with Gasteiger partial charge in [0.05, 0.1) is 10.9 Å². The number of rotatable bonds is 7. The molecule has 0 aliphatic rings. The van der Waals surface area contributed by atoms with Crippen LogP contribution in [0.15, 0.2) is 148 Å². The van der Waals surface area contributed by atoms with Crippen molar-refractivity contribution in [2.24, 2.45) is 0 Å². The molecule has 1 atom stereocenters. The molecule has 0 bridgehead atoms. The van der Waals surface area contributed by atoms with Crippen LogP contribution < -0.4 is 4.74 Å². The van der Waals surface area contributed by atoms with Gasteiger partial charge in [-0.2, -0.15) is 0 Å². The van der Waals surface area contributed by atoms with E-state index in [1.54, 1.807) is 0 Å². The molecule has 3 heteroatoms. The molecule has 2 nitrogen and oxygen atoms in total. The van der Waals surface area contributed by atoms with Crippen molar-refractivity contribution in [2.75, 3.05) is 0 Å². The molecule has 5 aromatic rings. The van der Waals surface area contributed by atoms with Crippen molar-refractivity contribution >= 4 is 16.7 Å². The number of aryl methyl sites for hydroxylation is 1. The zero-order valence-corrected chi connectivity index (χ0v) is 22.2. The SMILES string of the molecule is CC.Cc1ccc([S+](c2ccc(Oc3ccccc3)cc2)c2ccc(C(=O)c3ccccc3)cc2)cc1. The Labute approximate surface area is 222 Å². The fourth-order valence-corrected chi connectivity index (χ4v) is 5.89. The van der Waals surface area contributed by atoms with Crippen LogP contribution in [0.1, 0.15) is 35.3 Å². The number of hydrogen-bond acceptors (Lipinski definition) is 2. The minimum atomic E-state index is -0.310. The molecule has 5 rings (SSSR count). The van der Waals surface area contributed by atoms with Crippen LogP contribution in [0.5, 0.6) is 11.5 Å². The second kappa shape index (κ2) is 12.8. The Morgan fingerprint density at radius 3 is 1.46 bits per heavy atom. The standard InChI is InChI=1S/C32H25O2S.C2H6/c1-24-12-18-29(19-13-24)35(31-22-16-28(17-23-31)34-27-10-6-3-7-11-27)30-20-14-26(15-21-30)32(33)25-8-4-2-5-9-25;1-2/h2-23H,1H3;1-2H3/q+1;. The predicted octanol–water partition coefficient (Wildman–Crippen LogP) is 9.14. The molecule has 0 radical (unpaired) electrons. The molecule has 184 valence electrons. The first-order chi connectivity index (χ1) is 18.2. The fourth-order valence-electron chi connectivity index (χ4n) is 3.85. The maximum absolute atomic E-state index is 12.9. The van der Waals surface area contributed by atoms with Crippen LogP contribution in [0, 0.1) is 6.92 Å². The molecule has 0 aromatic heterocycles. The minimum Gasteiger partial charge on any atom is -0.457 e. The van der Waals surface area contributed by atoms with E-state index in [0.29, 0.717) is 11.1 Å². The first-order valence-corrected chi connectivity index (χ1v) is 13.7. The third-order valence-corrected chi connectivity index (χ3v) is 7.91. The van der Waals surface area contributed by atoms with E-state index in [2.05, 4.69) is 55.5 Å². The highest BCUT2D eigenvalue weighted by Gasteiger charge is 2.29. The number of ether oxygens (including phenoxy) is 1. The molecular formula is C34H31O2S+. The van der Waals surface area contributed by atoms with Gasteiger partial charge in [-0.3, -0.25) is 4.79 Å². The van der Waals surface area contributed by atoms with Crippen molar-refractivity contribution in [3.63, 3.8) is 0 Å². The molecule has 0 saturated heterocycles. The van der Waals surface area contributed by atoms with Gasteiger partial charge >= 0.3 is 0 Å². The number of hydrogen-bond donors (Lipinski definition) is 0. The topological polar surface area (TPSA) is 26.3 Å². The summed E-state index contributed by atoms with van der Waals surface area (Å²) in [6, 6.07) is 44.2. The number of benzene rings is 5. The normalized spacial score (nSPS) is 11.1. The van der Waals surface area contributed by atoms with Gasteiger partial charge in [-0.1, -0.05) is 80.1 Å². The summed E-state index contributed by atoms with van der Waals surface area (Å²) in [7, 11) is -0.310. The summed E-state index contributed by atoms with van der Waals surface area (Å²) in [5, 5.41) is 0. The highest BCUT2D eigenvalue weighted by molar-refractivity contribution is 7.97.